The minimum Gasteiger partial charge on any atom is -0.358 e. The molecule has 1 aromatic carbocycles. The van der Waals surface area contributed by atoms with Crippen LogP contribution in [0.25, 0.3) is 0 Å². The SMILES string of the molecule is O=C(NC1=NCCS1)c1ccc2c(c1)NC(=O)[C@H]1CCCN21. The Kier molecular flexibility index (Phi) is 3.29. The molecule has 1 atom stereocenters. The van der Waals surface area contributed by atoms with Crippen LogP contribution in [0, 0.1) is 0 Å². The zero-order valence-electron chi connectivity index (χ0n) is 12.0. The number of amidine groups is 1. The summed E-state index contributed by atoms with van der Waals surface area (Å²) in [6.07, 6.45) is 1.92. The second-order valence-electron chi connectivity index (χ2n) is 5.56. The van der Waals surface area contributed by atoms with Gasteiger partial charge in [-0.1, -0.05) is 11.8 Å². The van der Waals surface area contributed by atoms with Crippen molar-refractivity contribution in [2.75, 3.05) is 29.1 Å². The van der Waals surface area contributed by atoms with Crippen molar-refractivity contribution in [2.45, 2.75) is 18.9 Å². The predicted octanol–water partition coefficient (Wildman–Crippen LogP) is 1.44. The van der Waals surface area contributed by atoms with Gasteiger partial charge in [0.25, 0.3) is 5.91 Å². The quantitative estimate of drug-likeness (QED) is 0.822. The molecule has 1 fully saturated rings. The van der Waals surface area contributed by atoms with E-state index < -0.39 is 0 Å². The molecule has 0 aliphatic carbocycles. The molecule has 7 heteroatoms. The Balaban J connectivity index is 1.60. The maximum atomic E-state index is 12.3. The van der Waals surface area contributed by atoms with Crippen LogP contribution in [0.1, 0.15) is 23.2 Å². The number of aliphatic imine (C=N–C) groups is 1. The largest absolute Gasteiger partial charge is 0.358 e. The molecule has 2 amide bonds. The average molecular weight is 316 g/mol. The summed E-state index contributed by atoms with van der Waals surface area (Å²) in [5.74, 6) is 0.749. The van der Waals surface area contributed by atoms with E-state index in [2.05, 4.69) is 20.5 Å². The molecule has 0 saturated carbocycles. The van der Waals surface area contributed by atoms with Crippen LogP contribution >= 0.6 is 11.8 Å². The van der Waals surface area contributed by atoms with Crippen LogP contribution in [0.2, 0.25) is 0 Å². The summed E-state index contributed by atoms with van der Waals surface area (Å²) in [5, 5.41) is 6.40. The molecule has 3 aliphatic heterocycles. The summed E-state index contributed by atoms with van der Waals surface area (Å²) in [4.78, 5) is 30.7. The van der Waals surface area contributed by atoms with Crippen LogP contribution in [0.3, 0.4) is 0 Å². The fraction of sp³-hybridized carbons (Fsp3) is 0.400. The highest BCUT2D eigenvalue weighted by atomic mass is 32.2. The number of benzene rings is 1. The molecule has 0 radical (unpaired) electrons. The van der Waals surface area contributed by atoms with Crippen molar-refractivity contribution in [3.63, 3.8) is 0 Å². The predicted molar refractivity (Wildman–Crippen MR) is 87.7 cm³/mol. The first kappa shape index (κ1) is 13.6. The highest BCUT2D eigenvalue weighted by molar-refractivity contribution is 8.14. The number of carbonyl (C=O) groups is 2. The summed E-state index contributed by atoms with van der Waals surface area (Å²) in [6.45, 7) is 1.64. The zero-order chi connectivity index (χ0) is 15.1. The fourth-order valence-electron chi connectivity index (χ4n) is 3.15. The lowest BCUT2D eigenvalue weighted by Gasteiger charge is -2.33. The second kappa shape index (κ2) is 5.31. The minimum absolute atomic E-state index is 0.0262. The van der Waals surface area contributed by atoms with Crippen molar-refractivity contribution in [2.24, 2.45) is 4.99 Å². The molecule has 22 heavy (non-hydrogen) atoms. The molecule has 1 aromatic rings. The van der Waals surface area contributed by atoms with E-state index >= 15 is 0 Å². The third-order valence-corrected chi connectivity index (χ3v) is 5.08. The lowest BCUT2D eigenvalue weighted by molar-refractivity contribution is -0.117. The summed E-state index contributed by atoms with van der Waals surface area (Å²) >= 11 is 1.55. The lowest BCUT2D eigenvalue weighted by atomic mass is 10.1. The third-order valence-electron chi connectivity index (χ3n) is 4.19. The number of thioether (sulfide) groups is 1. The maximum Gasteiger partial charge on any atom is 0.257 e. The lowest BCUT2D eigenvalue weighted by Crippen LogP contribution is -2.44. The van der Waals surface area contributed by atoms with Gasteiger partial charge in [0.1, 0.15) is 6.04 Å². The van der Waals surface area contributed by atoms with Gasteiger partial charge in [-0.05, 0) is 31.0 Å². The molecular formula is C15H16N4O2S. The number of nitrogens with zero attached hydrogens (tertiary/aromatic N) is 2. The topological polar surface area (TPSA) is 73.8 Å². The molecule has 2 N–H and O–H groups in total. The molecular weight excluding hydrogens is 300 g/mol. The fourth-order valence-corrected chi connectivity index (χ4v) is 3.87. The molecule has 6 nitrogen and oxygen atoms in total. The number of hydrogen-bond acceptors (Lipinski definition) is 5. The van der Waals surface area contributed by atoms with Gasteiger partial charge in [0, 0.05) is 17.9 Å². The van der Waals surface area contributed by atoms with Gasteiger partial charge >= 0.3 is 0 Å². The maximum absolute atomic E-state index is 12.3. The van der Waals surface area contributed by atoms with Crippen molar-refractivity contribution >= 4 is 40.1 Å². The Labute approximate surface area is 132 Å². The number of carbonyl (C=O) groups excluding carboxylic acids is 2. The molecule has 3 heterocycles. The number of nitrogens with one attached hydrogen (secondary N) is 2. The molecule has 1 saturated heterocycles. The van der Waals surface area contributed by atoms with E-state index in [0.29, 0.717) is 10.7 Å². The van der Waals surface area contributed by atoms with Crippen LogP contribution in [-0.4, -0.2) is 41.9 Å². The molecule has 0 aromatic heterocycles. The van der Waals surface area contributed by atoms with Crippen molar-refractivity contribution in [1.82, 2.24) is 5.32 Å². The van der Waals surface area contributed by atoms with Crippen molar-refractivity contribution in [3.8, 4) is 0 Å². The van der Waals surface area contributed by atoms with Crippen LogP contribution < -0.4 is 15.5 Å². The average Bonchev–Trinajstić information content (AvgIpc) is 3.18. The molecule has 3 aliphatic rings. The van der Waals surface area contributed by atoms with Crippen LogP contribution in [0.5, 0.6) is 0 Å². The van der Waals surface area contributed by atoms with Gasteiger partial charge < -0.3 is 15.5 Å². The highest BCUT2D eigenvalue weighted by Crippen LogP contribution is 2.37. The summed E-state index contributed by atoms with van der Waals surface area (Å²) in [7, 11) is 0. The van der Waals surface area contributed by atoms with Crippen molar-refractivity contribution < 1.29 is 9.59 Å². The number of rotatable bonds is 1. The van der Waals surface area contributed by atoms with E-state index in [4.69, 9.17) is 0 Å². The van der Waals surface area contributed by atoms with Gasteiger partial charge in [0.05, 0.1) is 17.9 Å². The van der Waals surface area contributed by atoms with Crippen LogP contribution in [-0.2, 0) is 4.79 Å². The van der Waals surface area contributed by atoms with Crippen LogP contribution in [0.15, 0.2) is 23.2 Å². The Morgan fingerprint density at radius 1 is 1.45 bits per heavy atom. The van der Waals surface area contributed by atoms with Gasteiger partial charge in [0.15, 0.2) is 5.17 Å². The van der Waals surface area contributed by atoms with E-state index in [1.807, 2.05) is 6.07 Å². The van der Waals surface area contributed by atoms with Crippen molar-refractivity contribution in [1.29, 1.82) is 0 Å². The highest BCUT2D eigenvalue weighted by Gasteiger charge is 2.36. The Morgan fingerprint density at radius 3 is 3.18 bits per heavy atom. The van der Waals surface area contributed by atoms with Gasteiger partial charge in [-0.25, -0.2) is 0 Å². The Bertz CT molecular complexity index is 688. The van der Waals surface area contributed by atoms with E-state index in [-0.39, 0.29) is 17.9 Å². The molecule has 0 bridgehead atoms. The summed E-state index contributed by atoms with van der Waals surface area (Å²) < 4.78 is 0. The number of fused-ring (bicyclic) bond motifs is 3. The summed E-state index contributed by atoms with van der Waals surface area (Å²) in [5.41, 5.74) is 2.26. The first-order chi connectivity index (χ1) is 10.7. The van der Waals surface area contributed by atoms with Gasteiger partial charge in [0.2, 0.25) is 5.91 Å². The van der Waals surface area contributed by atoms with Gasteiger partial charge in [-0.3, -0.25) is 14.6 Å². The zero-order valence-corrected chi connectivity index (χ0v) is 12.8. The third kappa shape index (κ3) is 2.25. The van der Waals surface area contributed by atoms with E-state index in [9.17, 15) is 9.59 Å². The second-order valence-corrected chi connectivity index (χ2v) is 6.65. The number of anilines is 2. The standard InChI is InChI=1S/C15H16N4O2S/c20-13(18-15-16-5-7-22-15)9-3-4-11-10(8-9)17-14(21)12-2-1-6-19(11)12/h3-4,8,12H,1-2,5-7H2,(H,17,21)(H,16,18,20)/t12-/m1/s1. The first-order valence-electron chi connectivity index (χ1n) is 7.42. The molecule has 0 unspecified atom stereocenters. The first-order valence-corrected chi connectivity index (χ1v) is 8.41. The van der Waals surface area contributed by atoms with Crippen molar-refractivity contribution in [3.05, 3.63) is 23.8 Å². The molecule has 114 valence electrons. The van der Waals surface area contributed by atoms with Crippen LogP contribution in [0.4, 0.5) is 11.4 Å². The molecule has 0 spiro atoms. The van der Waals surface area contributed by atoms with Gasteiger partial charge in [-0.2, -0.15) is 0 Å². The number of amides is 2. The smallest absolute Gasteiger partial charge is 0.257 e. The Hall–Kier alpha value is -2.02. The van der Waals surface area contributed by atoms with E-state index in [1.165, 1.54) is 0 Å². The summed E-state index contributed by atoms with van der Waals surface area (Å²) in [6, 6.07) is 5.42. The number of hydrogen-bond donors (Lipinski definition) is 2. The van der Waals surface area contributed by atoms with Gasteiger partial charge in [-0.15, -0.1) is 0 Å². The Morgan fingerprint density at radius 2 is 2.36 bits per heavy atom. The monoisotopic (exact) mass is 316 g/mol. The van der Waals surface area contributed by atoms with E-state index in [0.717, 1.165) is 43.1 Å². The van der Waals surface area contributed by atoms with E-state index in [1.54, 1.807) is 23.9 Å². The normalized spacial score (nSPS) is 22.7. The minimum atomic E-state index is -0.186. The molecule has 4 rings (SSSR count).